The lowest BCUT2D eigenvalue weighted by Gasteiger charge is -2.36. The highest BCUT2D eigenvalue weighted by molar-refractivity contribution is 5.16. The Morgan fingerprint density at radius 2 is 1.92 bits per heavy atom. The molecule has 2 saturated carbocycles. The zero-order valence-corrected chi connectivity index (χ0v) is 8.17. The number of fused-ring (bicyclic) bond motifs is 2. The second kappa shape index (κ2) is 2.05. The molecule has 0 amide bonds. The van der Waals surface area contributed by atoms with Crippen molar-refractivity contribution in [1.29, 1.82) is 0 Å². The summed E-state index contributed by atoms with van der Waals surface area (Å²) in [6.07, 6.45) is 2.05. The van der Waals surface area contributed by atoms with E-state index in [1.807, 2.05) is 0 Å². The second-order valence-corrected chi connectivity index (χ2v) is 5.31. The van der Waals surface area contributed by atoms with Crippen LogP contribution in [0.2, 0.25) is 0 Å². The van der Waals surface area contributed by atoms with Crippen molar-refractivity contribution in [2.45, 2.75) is 45.8 Å². The van der Waals surface area contributed by atoms with Crippen LogP contribution < -0.4 is 5.73 Å². The number of hydrogen-bond acceptors (Lipinski definition) is 2. The molecule has 0 aromatic heterocycles. The number of rotatable bonds is 0. The maximum absolute atomic E-state index is 9.96. The van der Waals surface area contributed by atoms with Crippen molar-refractivity contribution in [3.63, 3.8) is 0 Å². The highest BCUT2D eigenvalue weighted by atomic mass is 16.3. The van der Waals surface area contributed by atoms with Gasteiger partial charge >= 0.3 is 0 Å². The molecule has 2 heteroatoms. The van der Waals surface area contributed by atoms with Crippen LogP contribution in [0, 0.1) is 16.7 Å². The Labute approximate surface area is 74.1 Å². The molecule has 0 aromatic carbocycles. The normalized spacial score (nSPS) is 56.2. The van der Waals surface area contributed by atoms with Crippen molar-refractivity contribution < 1.29 is 5.11 Å². The topological polar surface area (TPSA) is 46.2 Å². The molecule has 0 saturated heterocycles. The van der Waals surface area contributed by atoms with Gasteiger partial charge in [-0.25, -0.2) is 0 Å². The Balaban J connectivity index is 2.44. The first-order valence-corrected chi connectivity index (χ1v) is 4.85. The van der Waals surface area contributed by atoms with E-state index >= 15 is 0 Å². The standard InChI is InChI=1S/C10H19NO/c1-9(2)6-4-5-10(9,3)8(12)7(6)11/h6-8,12H,4-5,11H2,1-3H3/t6-,7+,8-,10-/m0/s1. The van der Waals surface area contributed by atoms with Crippen molar-refractivity contribution in [2.75, 3.05) is 0 Å². The van der Waals surface area contributed by atoms with Crippen LogP contribution in [0.4, 0.5) is 0 Å². The highest BCUT2D eigenvalue weighted by Crippen LogP contribution is 2.64. The second-order valence-electron chi connectivity index (χ2n) is 5.31. The van der Waals surface area contributed by atoms with Crippen molar-refractivity contribution >= 4 is 0 Å². The van der Waals surface area contributed by atoms with Gasteiger partial charge in [-0.3, -0.25) is 0 Å². The van der Waals surface area contributed by atoms with Gasteiger partial charge in [0, 0.05) is 11.5 Å². The summed E-state index contributed by atoms with van der Waals surface area (Å²) in [5.74, 6) is 0.525. The Hall–Kier alpha value is -0.0800. The van der Waals surface area contributed by atoms with E-state index < -0.39 is 0 Å². The molecule has 2 aliphatic carbocycles. The van der Waals surface area contributed by atoms with Gasteiger partial charge in [0.25, 0.3) is 0 Å². The van der Waals surface area contributed by atoms with Gasteiger partial charge in [-0.15, -0.1) is 0 Å². The first kappa shape index (κ1) is 8.52. The van der Waals surface area contributed by atoms with Gasteiger partial charge in [0.05, 0.1) is 6.10 Å². The third kappa shape index (κ3) is 0.647. The van der Waals surface area contributed by atoms with Gasteiger partial charge < -0.3 is 10.8 Å². The summed E-state index contributed by atoms with van der Waals surface area (Å²) in [5, 5.41) is 9.96. The molecule has 12 heavy (non-hydrogen) atoms. The average Bonchev–Trinajstić information content (AvgIpc) is 2.26. The first-order valence-electron chi connectivity index (χ1n) is 4.85. The molecule has 2 aliphatic rings. The van der Waals surface area contributed by atoms with E-state index in [1.54, 1.807) is 0 Å². The molecule has 0 unspecified atom stereocenters. The van der Waals surface area contributed by atoms with E-state index in [1.165, 1.54) is 6.42 Å². The quantitative estimate of drug-likeness (QED) is 0.571. The molecule has 70 valence electrons. The van der Waals surface area contributed by atoms with Crippen molar-refractivity contribution in [3.8, 4) is 0 Å². The van der Waals surface area contributed by atoms with Gasteiger partial charge in [0.2, 0.25) is 0 Å². The van der Waals surface area contributed by atoms with Crippen LogP contribution in [0.25, 0.3) is 0 Å². The maximum atomic E-state index is 9.96. The molecule has 2 fully saturated rings. The summed E-state index contributed by atoms with van der Waals surface area (Å²) in [7, 11) is 0. The first-order chi connectivity index (χ1) is 5.41. The summed E-state index contributed by atoms with van der Waals surface area (Å²) in [5.41, 5.74) is 6.27. The van der Waals surface area contributed by atoms with E-state index in [0.29, 0.717) is 5.92 Å². The molecule has 4 atom stereocenters. The zero-order valence-electron chi connectivity index (χ0n) is 8.17. The van der Waals surface area contributed by atoms with Gasteiger partial charge in [0.15, 0.2) is 0 Å². The Morgan fingerprint density at radius 1 is 1.33 bits per heavy atom. The number of aliphatic hydroxyl groups is 1. The third-order valence-electron chi connectivity index (χ3n) is 4.86. The lowest BCUT2D eigenvalue weighted by Crippen LogP contribution is -2.43. The van der Waals surface area contributed by atoms with Gasteiger partial charge in [-0.2, -0.15) is 0 Å². The number of nitrogens with two attached hydrogens (primary N) is 1. The van der Waals surface area contributed by atoms with E-state index in [4.69, 9.17) is 5.73 Å². The lowest BCUT2D eigenvalue weighted by atomic mass is 9.70. The Morgan fingerprint density at radius 3 is 2.17 bits per heavy atom. The number of aliphatic hydroxyl groups excluding tert-OH is 1. The fourth-order valence-electron chi connectivity index (χ4n) is 3.41. The van der Waals surface area contributed by atoms with E-state index in [2.05, 4.69) is 20.8 Å². The highest BCUT2D eigenvalue weighted by Gasteiger charge is 2.64. The van der Waals surface area contributed by atoms with Crippen LogP contribution in [0.15, 0.2) is 0 Å². The predicted molar refractivity (Wildman–Crippen MR) is 48.6 cm³/mol. The number of hydrogen-bond donors (Lipinski definition) is 2. The Kier molecular flexibility index (Phi) is 1.45. The summed E-state index contributed by atoms with van der Waals surface area (Å²) < 4.78 is 0. The van der Waals surface area contributed by atoms with Crippen LogP contribution in [-0.4, -0.2) is 17.3 Å². The average molecular weight is 169 g/mol. The predicted octanol–water partition coefficient (Wildman–Crippen LogP) is 1.13. The van der Waals surface area contributed by atoms with Crippen molar-refractivity contribution in [1.82, 2.24) is 0 Å². The molecule has 0 heterocycles. The van der Waals surface area contributed by atoms with Crippen LogP contribution in [-0.2, 0) is 0 Å². The van der Waals surface area contributed by atoms with Crippen molar-refractivity contribution in [3.05, 3.63) is 0 Å². The monoisotopic (exact) mass is 169 g/mol. The molecule has 3 N–H and O–H groups in total. The Bertz CT molecular complexity index is 214. The van der Waals surface area contributed by atoms with E-state index in [-0.39, 0.29) is 23.0 Å². The molecular formula is C10H19NO. The molecule has 2 nitrogen and oxygen atoms in total. The fourth-order valence-corrected chi connectivity index (χ4v) is 3.41. The minimum atomic E-state index is -0.286. The molecule has 0 spiro atoms. The lowest BCUT2D eigenvalue weighted by molar-refractivity contribution is 0.00582. The van der Waals surface area contributed by atoms with Gasteiger partial charge in [0.1, 0.15) is 0 Å². The van der Waals surface area contributed by atoms with Gasteiger partial charge in [-0.05, 0) is 24.2 Å². The minimum absolute atomic E-state index is 0.0127. The van der Waals surface area contributed by atoms with E-state index in [9.17, 15) is 5.11 Å². The van der Waals surface area contributed by atoms with Crippen molar-refractivity contribution in [2.24, 2.45) is 22.5 Å². The fraction of sp³-hybridized carbons (Fsp3) is 1.00. The molecule has 0 aliphatic heterocycles. The summed E-state index contributed by atoms with van der Waals surface area (Å²) in [6.45, 7) is 6.69. The van der Waals surface area contributed by atoms with Gasteiger partial charge in [-0.1, -0.05) is 20.8 Å². The zero-order chi connectivity index (χ0) is 9.15. The third-order valence-corrected chi connectivity index (χ3v) is 4.86. The van der Waals surface area contributed by atoms with Crippen LogP contribution >= 0.6 is 0 Å². The molecule has 0 radical (unpaired) electrons. The largest absolute Gasteiger partial charge is 0.391 e. The van der Waals surface area contributed by atoms with Crippen LogP contribution in [0.5, 0.6) is 0 Å². The van der Waals surface area contributed by atoms with E-state index in [0.717, 1.165) is 6.42 Å². The minimum Gasteiger partial charge on any atom is -0.391 e. The van der Waals surface area contributed by atoms with Crippen LogP contribution in [0.3, 0.4) is 0 Å². The summed E-state index contributed by atoms with van der Waals surface area (Å²) in [6, 6.07) is 0.0127. The molecule has 2 rings (SSSR count). The molecule has 2 bridgehead atoms. The smallest absolute Gasteiger partial charge is 0.0752 e. The molecular weight excluding hydrogens is 150 g/mol. The van der Waals surface area contributed by atoms with Crippen LogP contribution in [0.1, 0.15) is 33.6 Å². The maximum Gasteiger partial charge on any atom is 0.0752 e. The summed E-state index contributed by atoms with van der Waals surface area (Å²) >= 11 is 0. The SMILES string of the molecule is CC1(C)[C@H]2CC[C@@]1(C)[C@@H](O)[C@@H]2N. The summed E-state index contributed by atoms with van der Waals surface area (Å²) in [4.78, 5) is 0. The molecule has 0 aromatic rings.